The first-order valence-electron chi connectivity index (χ1n) is 18.4. The first-order chi connectivity index (χ1) is 27.6. The van der Waals surface area contributed by atoms with Gasteiger partial charge in [0.05, 0.1) is 18.4 Å². The topological polar surface area (TPSA) is 396 Å². The van der Waals surface area contributed by atoms with Crippen LogP contribution in [0.25, 0.3) is 0 Å². The summed E-state index contributed by atoms with van der Waals surface area (Å²) in [5, 5.41) is 135. The van der Waals surface area contributed by atoms with Gasteiger partial charge < -0.3 is 101 Å². The predicted molar refractivity (Wildman–Crippen MR) is 198 cm³/mol. The Hall–Kier alpha value is -4.02. The Morgan fingerprint density at radius 3 is 1.58 bits per heavy atom. The summed E-state index contributed by atoms with van der Waals surface area (Å²) in [4.78, 5) is 48.3. The molecule has 4 amide bonds. The number of hydrogen-bond donors (Lipinski definition) is 16. The van der Waals surface area contributed by atoms with Gasteiger partial charge in [0.25, 0.3) is 0 Å². The molecule has 0 aromatic rings. The first-order valence-corrected chi connectivity index (χ1v) is 18.4. The van der Waals surface area contributed by atoms with Crippen molar-refractivity contribution in [2.75, 3.05) is 26.4 Å². The zero-order valence-corrected chi connectivity index (χ0v) is 33.5. The summed E-state index contributed by atoms with van der Waals surface area (Å²) in [7, 11) is 0. The van der Waals surface area contributed by atoms with Gasteiger partial charge in [-0.25, -0.2) is 0 Å². The van der Waals surface area contributed by atoms with Crippen LogP contribution in [-0.4, -0.2) is 179 Å². The van der Waals surface area contributed by atoms with E-state index >= 15 is 0 Å². The van der Waals surface area contributed by atoms with E-state index in [0.717, 1.165) is 27.7 Å². The van der Waals surface area contributed by atoms with Gasteiger partial charge in [0.1, 0.15) is 71.3 Å². The van der Waals surface area contributed by atoms with Gasteiger partial charge in [-0.15, -0.1) is 0 Å². The number of aliphatic hydroxyl groups excluding tert-OH is 12. The molecule has 340 valence electrons. The third-order valence-electron chi connectivity index (χ3n) is 8.39. The zero-order chi connectivity index (χ0) is 45.3. The second-order valence-electron chi connectivity index (χ2n) is 13.7. The summed E-state index contributed by atoms with van der Waals surface area (Å²) in [6, 6.07) is -1.72. The highest BCUT2D eigenvalue weighted by Crippen LogP contribution is 2.30. The molecular weight excluding hydrogens is 796 g/mol. The Balaban J connectivity index is 3.74. The van der Waals surface area contributed by atoms with Gasteiger partial charge in [0, 0.05) is 66.8 Å². The number of hydrogen-bond acceptors (Lipinski definition) is 20. The molecule has 1 aliphatic rings. The van der Waals surface area contributed by atoms with Crippen molar-refractivity contribution in [1.29, 1.82) is 0 Å². The quantitative estimate of drug-likeness (QED) is 0.0322. The third kappa shape index (κ3) is 16.2. The average Bonchev–Trinajstić information content (AvgIpc) is 3.15. The molecule has 1 saturated heterocycles. The number of carbonyl (C=O) groups excluding carboxylic acids is 4. The van der Waals surface area contributed by atoms with E-state index in [-0.39, 0.29) is 0 Å². The lowest BCUT2D eigenvalue weighted by Gasteiger charge is -2.45. The van der Waals surface area contributed by atoms with Crippen LogP contribution in [0.5, 0.6) is 0 Å². The summed E-state index contributed by atoms with van der Waals surface area (Å²) in [5.74, 6) is -6.80. The summed E-state index contributed by atoms with van der Waals surface area (Å²) >= 11 is 0. The number of carbonyl (C=O) groups is 4. The molecule has 24 heteroatoms. The Bertz CT molecular complexity index is 1490. The monoisotopic (exact) mass is 856 g/mol. The van der Waals surface area contributed by atoms with Crippen LogP contribution in [-0.2, 0) is 38.1 Å². The van der Waals surface area contributed by atoms with Gasteiger partial charge in [-0.2, -0.15) is 0 Å². The van der Waals surface area contributed by atoms with E-state index in [1.807, 2.05) is 0 Å². The minimum Gasteiger partial charge on any atom is -0.508 e. The highest BCUT2D eigenvalue weighted by molar-refractivity contribution is 5.76. The zero-order valence-electron chi connectivity index (χ0n) is 33.5. The second kappa shape index (κ2) is 25.6. The lowest BCUT2D eigenvalue weighted by Crippen LogP contribution is -2.66. The molecule has 0 spiro atoms. The molecule has 24 nitrogen and oxygen atoms in total. The van der Waals surface area contributed by atoms with Crippen LogP contribution in [0.15, 0.2) is 34.4 Å². The fourth-order valence-electron chi connectivity index (χ4n) is 5.60. The van der Waals surface area contributed by atoms with Crippen molar-refractivity contribution in [1.82, 2.24) is 21.3 Å². The van der Waals surface area contributed by atoms with Crippen molar-refractivity contribution >= 4 is 23.6 Å². The molecule has 1 heterocycles. The number of amides is 4. The van der Waals surface area contributed by atoms with Gasteiger partial charge in [-0.3, -0.25) is 19.2 Å². The summed E-state index contributed by atoms with van der Waals surface area (Å²) in [6.07, 6.45) is -20.5. The Kier molecular flexibility index (Phi) is 23.0. The molecule has 16 N–H and O–H groups in total. The lowest BCUT2D eigenvalue weighted by molar-refractivity contribution is -0.303. The maximum atomic E-state index is 12.3. The largest absolute Gasteiger partial charge is 0.508 e. The standard InChI is InChI=1S/C35H60N4O20/c1-14(2)27(49)23(36-15(3)44)29(51)20(8-11-41)56-33(54)25(38-17(5)46)30(52)21(9-12-42)57-35-26(39-18(6)47)31(53)32(22(13-43)58-35)59-34(55)24(37-16(4)45)28(50)19(48)7-10-40/h14,19-22,26-27,31-35,40-43,48-55H,7-13H2,1-6H3,(H,36,44)(H,37,45)(H,38,46)(H,39,47)/b28-24+,29-23-,30-25+. The van der Waals surface area contributed by atoms with Gasteiger partial charge in [-0.1, -0.05) is 13.8 Å². The number of rotatable bonds is 24. The second-order valence-corrected chi connectivity index (χ2v) is 13.7. The highest BCUT2D eigenvalue weighted by atomic mass is 16.7. The molecule has 0 radical (unpaired) electrons. The number of aliphatic hydroxyl groups is 12. The fraction of sp³-hybridized carbons (Fsp3) is 0.714. The van der Waals surface area contributed by atoms with E-state index in [4.69, 9.17) is 24.1 Å². The Labute approximate surface area is 339 Å². The molecule has 11 atom stereocenters. The van der Waals surface area contributed by atoms with Gasteiger partial charge in [0.15, 0.2) is 12.6 Å². The first kappa shape index (κ1) is 53.0. The van der Waals surface area contributed by atoms with E-state index in [2.05, 4.69) is 21.3 Å². The van der Waals surface area contributed by atoms with E-state index in [1.165, 1.54) is 0 Å². The molecule has 59 heavy (non-hydrogen) atoms. The van der Waals surface area contributed by atoms with Crippen molar-refractivity contribution in [2.24, 2.45) is 5.92 Å². The number of nitrogens with one attached hydrogen (secondary N) is 4. The van der Waals surface area contributed by atoms with Gasteiger partial charge in [-0.05, 0) is 5.92 Å². The Morgan fingerprint density at radius 2 is 1.12 bits per heavy atom. The average molecular weight is 857 g/mol. The van der Waals surface area contributed by atoms with Crippen molar-refractivity contribution in [3.63, 3.8) is 0 Å². The molecule has 1 aliphatic heterocycles. The number of ether oxygens (including phenoxy) is 4. The molecule has 0 aromatic carbocycles. The van der Waals surface area contributed by atoms with Crippen LogP contribution in [0.3, 0.4) is 0 Å². The molecule has 11 unspecified atom stereocenters. The summed E-state index contributed by atoms with van der Waals surface area (Å²) in [6.45, 7) is 4.07. The molecule has 1 fully saturated rings. The third-order valence-corrected chi connectivity index (χ3v) is 8.39. The van der Waals surface area contributed by atoms with Crippen LogP contribution >= 0.6 is 0 Å². The van der Waals surface area contributed by atoms with Crippen LogP contribution in [0.4, 0.5) is 0 Å². The molecule has 0 saturated carbocycles. The molecule has 0 aliphatic carbocycles. The van der Waals surface area contributed by atoms with Crippen molar-refractivity contribution in [3.8, 4) is 0 Å². The summed E-state index contributed by atoms with van der Waals surface area (Å²) < 4.78 is 22.6. The van der Waals surface area contributed by atoms with Crippen molar-refractivity contribution in [3.05, 3.63) is 34.4 Å². The maximum Gasteiger partial charge on any atom is 0.221 e. The molecule has 0 aromatic heterocycles. The van der Waals surface area contributed by atoms with E-state index in [1.54, 1.807) is 13.8 Å². The lowest BCUT2D eigenvalue weighted by atomic mass is 9.96. The van der Waals surface area contributed by atoms with E-state index in [9.17, 15) is 75.3 Å². The molecule has 1 rings (SSSR count). The molecular formula is C35H60N4O20. The smallest absolute Gasteiger partial charge is 0.221 e. The van der Waals surface area contributed by atoms with Crippen LogP contribution in [0.2, 0.25) is 0 Å². The normalized spacial score (nSPS) is 24.0. The minimum absolute atomic E-state index is 0.433. The van der Waals surface area contributed by atoms with Crippen molar-refractivity contribution < 1.29 is 99.4 Å². The van der Waals surface area contributed by atoms with Crippen LogP contribution in [0, 0.1) is 5.92 Å². The van der Waals surface area contributed by atoms with Crippen molar-refractivity contribution in [2.45, 2.75) is 128 Å². The highest BCUT2D eigenvalue weighted by Gasteiger charge is 2.49. The predicted octanol–water partition coefficient (Wildman–Crippen LogP) is -4.40. The Morgan fingerprint density at radius 1 is 0.644 bits per heavy atom. The van der Waals surface area contributed by atoms with Gasteiger partial charge >= 0.3 is 0 Å². The van der Waals surface area contributed by atoms with E-state index in [0.29, 0.717) is 0 Å². The fourth-order valence-corrected chi connectivity index (χ4v) is 5.60. The molecule has 0 bridgehead atoms. The maximum absolute atomic E-state index is 12.3. The van der Waals surface area contributed by atoms with Crippen LogP contribution in [0.1, 0.15) is 60.8 Å². The van der Waals surface area contributed by atoms with Gasteiger partial charge in [0.2, 0.25) is 29.9 Å². The minimum atomic E-state index is -2.40. The van der Waals surface area contributed by atoms with Crippen LogP contribution < -0.4 is 21.3 Å². The van der Waals surface area contributed by atoms with E-state index < -0.39 is 177 Å². The summed E-state index contributed by atoms with van der Waals surface area (Å²) in [5.41, 5.74) is -2.10. The SMILES string of the molecule is CC(=O)N/C(=C(\O)C(CCO)OC(O)/C(NC(C)=O)=C(\O)C(CCO)OC1OC(CO)C(OC(O)/C(NC(C)=O)=C(\O)C(O)CCO)C(O)C1NC(C)=O)C(O)C(C)C.